The second-order valence-electron chi connectivity index (χ2n) is 5.96. The number of fused-ring (bicyclic) bond motifs is 1. The lowest BCUT2D eigenvalue weighted by Gasteiger charge is -2.19. The Morgan fingerprint density at radius 2 is 2.04 bits per heavy atom. The molecule has 0 spiro atoms. The number of nitrogens with zero attached hydrogens (tertiary/aromatic N) is 2. The molecule has 1 N–H and O–H groups in total. The number of halogens is 2. The zero-order valence-electron chi connectivity index (χ0n) is 14.3. The topological polar surface area (TPSA) is 58.4 Å². The first-order valence-corrected chi connectivity index (χ1v) is 9.12. The van der Waals surface area contributed by atoms with Gasteiger partial charge in [-0.15, -0.1) is 0 Å². The number of nitrogens with one attached hydrogen (secondary N) is 1. The summed E-state index contributed by atoms with van der Waals surface area (Å²) in [5, 5.41) is 3.75. The average Bonchev–Trinajstić information content (AvgIpc) is 3.00. The van der Waals surface area contributed by atoms with E-state index in [0.29, 0.717) is 28.2 Å². The maximum Gasteiger partial charge on any atom is 0.238 e. The van der Waals surface area contributed by atoms with Gasteiger partial charge in [-0.1, -0.05) is 42.3 Å². The zero-order chi connectivity index (χ0) is 18.5. The number of hydrogen-bond donors (Lipinski definition) is 1. The number of carbonyl (C=O) groups excluding carboxylic acids is 1. The van der Waals surface area contributed by atoms with Crippen molar-refractivity contribution in [1.82, 2.24) is 9.88 Å². The number of amides is 1. The molecule has 3 rings (SSSR count). The van der Waals surface area contributed by atoms with E-state index in [2.05, 4.69) is 17.2 Å². The Balaban J connectivity index is 1.66. The van der Waals surface area contributed by atoms with E-state index in [1.165, 1.54) is 0 Å². The van der Waals surface area contributed by atoms with Crippen LogP contribution in [0, 0.1) is 0 Å². The lowest BCUT2D eigenvalue weighted by Crippen LogP contribution is -2.33. The molecule has 0 saturated carbocycles. The third-order valence-electron chi connectivity index (χ3n) is 3.81. The van der Waals surface area contributed by atoms with E-state index in [1.807, 2.05) is 29.2 Å². The molecule has 0 unspecified atom stereocenters. The van der Waals surface area contributed by atoms with Crippen molar-refractivity contribution in [2.24, 2.45) is 0 Å². The van der Waals surface area contributed by atoms with Crippen molar-refractivity contribution in [3.05, 3.63) is 58.4 Å². The van der Waals surface area contributed by atoms with E-state index < -0.39 is 0 Å². The molecule has 2 aromatic carbocycles. The number of oxazole rings is 1. The number of rotatable bonds is 7. The van der Waals surface area contributed by atoms with Crippen LogP contribution in [0.15, 0.2) is 46.9 Å². The SMILES string of the molecule is CCCN(CC(=O)Nc1ccc(Cl)cc1Cl)Cc1nc2ccccc2o1. The third-order valence-corrected chi connectivity index (χ3v) is 4.36. The number of para-hydroxylation sites is 2. The minimum atomic E-state index is -0.154. The van der Waals surface area contributed by atoms with Crippen LogP contribution >= 0.6 is 23.2 Å². The lowest BCUT2D eigenvalue weighted by molar-refractivity contribution is -0.117. The van der Waals surface area contributed by atoms with Gasteiger partial charge in [-0.3, -0.25) is 9.69 Å². The molecule has 1 amide bonds. The van der Waals surface area contributed by atoms with Gasteiger partial charge in [-0.25, -0.2) is 4.98 Å². The van der Waals surface area contributed by atoms with Gasteiger partial charge in [0.1, 0.15) is 5.52 Å². The van der Waals surface area contributed by atoms with Gasteiger partial charge in [0.15, 0.2) is 5.58 Å². The van der Waals surface area contributed by atoms with Crippen LogP contribution in [0.2, 0.25) is 10.0 Å². The second kappa shape index (κ2) is 8.54. The Morgan fingerprint density at radius 1 is 1.23 bits per heavy atom. The molecule has 3 aromatic rings. The fourth-order valence-corrected chi connectivity index (χ4v) is 3.15. The minimum Gasteiger partial charge on any atom is -0.439 e. The molecule has 0 atom stereocenters. The van der Waals surface area contributed by atoms with Crippen LogP contribution in [-0.4, -0.2) is 28.9 Å². The number of hydrogen-bond acceptors (Lipinski definition) is 4. The number of benzene rings is 2. The lowest BCUT2D eigenvalue weighted by atomic mass is 10.3. The fraction of sp³-hybridized carbons (Fsp3) is 0.263. The van der Waals surface area contributed by atoms with Crippen molar-refractivity contribution >= 4 is 45.9 Å². The second-order valence-corrected chi connectivity index (χ2v) is 6.80. The summed E-state index contributed by atoms with van der Waals surface area (Å²) in [6.07, 6.45) is 0.912. The minimum absolute atomic E-state index is 0.154. The van der Waals surface area contributed by atoms with Crippen molar-refractivity contribution in [2.75, 3.05) is 18.4 Å². The van der Waals surface area contributed by atoms with Crippen molar-refractivity contribution in [1.29, 1.82) is 0 Å². The van der Waals surface area contributed by atoms with Gasteiger partial charge in [0.05, 0.1) is 23.8 Å². The predicted octanol–water partition coefficient (Wildman–Crippen LogP) is 4.99. The van der Waals surface area contributed by atoms with Crippen LogP contribution in [-0.2, 0) is 11.3 Å². The number of aromatic nitrogens is 1. The monoisotopic (exact) mass is 391 g/mol. The molecule has 0 radical (unpaired) electrons. The van der Waals surface area contributed by atoms with Gasteiger partial charge >= 0.3 is 0 Å². The van der Waals surface area contributed by atoms with E-state index in [0.717, 1.165) is 24.1 Å². The zero-order valence-corrected chi connectivity index (χ0v) is 15.8. The van der Waals surface area contributed by atoms with Gasteiger partial charge in [0.25, 0.3) is 0 Å². The highest BCUT2D eigenvalue weighted by Crippen LogP contribution is 2.25. The Labute approximate surface area is 161 Å². The average molecular weight is 392 g/mol. The van der Waals surface area contributed by atoms with Gasteiger partial charge in [-0.05, 0) is 43.3 Å². The van der Waals surface area contributed by atoms with Gasteiger partial charge in [0, 0.05) is 5.02 Å². The predicted molar refractivity (Wildman–Crippen MR) is 105 cm³/mol. The standard InChI is InChI=1S/C19H19Cl2N3O2/c1-2-9-24(12-19-23-16-5-3-4-6-17(16)26-19)11-18(25)22-15-8-7-13(20)10-14(15)21/h3-8,10H,2,9,11-12H2,1H3,(H,22,25). The Kier molecular flexibility index (Phi) is 6.14. The van der Waals surface area contributed by atoms with Crippen LogP contribution in [0.5, 0.6) is 0 Å². The molecule has 0 aliphatic carbocycles. The quantitative estimate of drug-likeness (QED) is 0.616. The molecule has 1 aromatic heterocycles. The maximum atomic E-state index is 12.4. The molecule has 0 aliphatic heterocycles. The van der Waals surface area contributed by atoms with E-state index >= 15 is 0 Å². The van der Waals surface area contributed by atoms with Crippen LogP contribution in [0.3, 0.4) is 0 Å². The summed E-state index contributed by atoms with van der Waals surface area (Å²) in [5.74, 6) is 0.441. The highest BCUT2D eigenvalue weighted by molar-refractivity contribution is 6.36. The van der Waals surface area contributed by atoms with E-state index in [1.54, 1.807) is 18.2 Å². The molecule has 0 fully saturated rings. The summed E-state index contributed by atoms with van der Waals surface area (Å²) in [6, 6.07) is 12.6. The van der Waals surface area contributed by atoms with Crippen molar-refractivity contribution in [3.63, 3.8) is 0 Å². The smallest absolute Gasteiger partial charge is 0.238 e. The Bertz CT molecular complexity index is 878. The van der Waals surface area contributed by atoms with Crippen LogP contribution < -0.4 is 5.32 Å². The highest BCUT2D eigenvalue weighted by Gasteiger charge is 2.15. The van der Waals surface area contributed by atoms with Crippen molar-refractivity contribution in [3.8, 4) is 0 Å². The molecular formula is C19H19Cl2N3O2. The molecule has 5 nitrogen and oxygen atoms in total. The number of carbonyl (C=O) groups is 1. The third kappa shape index (κ3) is 4.75. The number of anilines is 1. The van der Waals surface area contributed by atoms with Crippen LogP contribution in [0.1, 0.15) is 19.2 Å². The van der Waals surface area contributed by atoms with E-state index in [-0.39, 0.29) is 12.5 Å². The molecule has 1 heterocycles. The summed E-state index contributed by atoms with van der Waals surface area (Å²) in [4.78, 5) is 18.9. The molecule has 136 valence electrons. The van der Waals surface area contributed by atoms with Crippen molar-refractivity contribution < 1.29 is 9.21 Å². The van der Waals surface area contributed by atoms with Crippen LogP contribution in [0.25, 0.3) is 11.1 Å². The first-order valence-electron chi connectivity index (χ1n) is 8.37. The molecule has 26 heavy (non-hydrogen) atoms. The molecular weight excluding hydrogens is 373 g/mol. The fourth-order valence-electron chi connectivity index (χ4n) is 2.69. The highest BCUT2D eigenvalue weighted by atomic mass is 35.5. The van der Waals surface area contributed by atoms with Crippen molar-refractivity contribution in [2.45, 2.75) is 19.9 Å². The van der Waals surface area contributed by atoms with Crippen LogP contribution in [0.4, 0.5) is 5.69 Å². The van der Waals surface area contributed by atoms with E-state index in [9.17, 15) is 4.79 Å². The Morgan fingerprint density at radius 3 is 2.77 bits per heavy atom. The van der Waals surface area contributed by atoms with Gasteiger partial charge in [-0.2, -0.15) is 0 Å². The van der Waals surface area contributed by atoms with Gasteiger partial charge in [0.2, 0.25) is 11.8 Å². The summed E-state index contributed by atoms with van der Waals surface area (Å²) >= 11 is 12.0. The first kappa shape index (κ1) is 18.7. The molecule has 0 saturated heterocycles. The summed E-state index contributed by atoms with van der Waals surface area (Å²) in [7, 11) is 0. The normalized spacial score (nSPS) is 11.2. The summed E-state index contributed by atoms with van der Waals surface area (Å²) < 4.78 is 5.76. The largest absolute Gasteiger partial charge is 0.439 e. The summed E-state index contributed by atoms with van der Waals surface area (Å²) in [5.41, 5.74) is 2.10. The molecule has 0 aliphatic rings. The summed E-state index contributed by atoms with van der Waals surface area (Å²) in [6.45, 7) is 3.49. The van der Waals surface area contributed by atoms with Gasteiger partial charge < -0.3 is 9.73 Å². The Hall–Kier alpha value is -2.08. The van der Waals surface area contributed by atoms with E-state index in [4.69, 9.17) is 27.6 Å². The first-order chi connectivity index (χ1) is 12.5. The molecule has 7 heteroatoms. The molecule has 0 bridgehead atoms. The maximum absolute atomic E-state index is 12.4.